The van der Waals surface area contributed by atoms with Crippen molar-refractivity contribution < 1.29 is 40.8 Å². The Bertz CT molecular complexity index is 1990. The number of nitrogens with zero attached hydrogens (tertiary/aromatic N) is 6. The summed E-state index contributed by atoms with van der Waals surface area (Å²) in [4.78, 5) is 39.2. The van der Waals surface area contributed by atoms with E-state index in [9.17, 15) is 36.5 Å². The Morgan fingerprint density at radius 3 is 2.36 bits per heavy atom. The number of halogens is 3. The lowest BCUT2D eigenvalue weighted by Gasteiger charge is -2.37. The van der Waals surface area contributed by atoms with Crippen LogP contribution >= 0.6 is 0 Å². The van der Waals surface area contributed by atoms with Gasteiger partial charge in [0.2, 0.25) is 21.8 Å². The number of aromatic nitrogens is 3. The van der Waals surface area contributed by atoms with Crippen LogP contribution in [-0.4, -0.2) is 78.5 Å². The van der Waals surface area contributed by atoms with Crippen LogP contribution in [0.5, 0.6) is 11.8 Å². The van der Waals surface area contributed by atoms with Gasteiger partial charge in [-0.3, -0.25) is 14.9 Å². The van der Waals surface area contributed by atoms with Crippen LogP contribution in [0.15, 0.2) is 71.8 Å². The fourth-order valence-electron chi connectivity index (χ4n) is 5.35. The predicted molar refractivity (Wildman–Crippen MR) is 174 cm³/mol. The predicted octanol–water partition coefficient (Wildman–Crippen LogP) is 4.70. The first-order chi connectivity index (χ1) is 23.8. The van der Waals surface area contributed by atoms with E-state index in [1.165, 1.54) is 23.1 Å². The van der Waals surface area contributed by atoms with E-state index in [0.717, 1.165) is 18.2 Å². The van der Waals surface area contributed by atoms with Gasteiger partial charge in [0.15, 0.2) is 10.6 Å². The Hall–Kier alpha value is -5.36. The molecule has 0 radical (unpaired) electrons. The van der Waals surface area contributed by atoms with Crippen LogP contribution in [0.2, 0.25) is 0 Å². The molecule has 1 N–H and O–H groups in total. The number of hydrogen-bond acceptors (Lipinski definition) is 11. The molecule has 1 aliphatic rings. The van der Waals surface area contributed by atoms with Gasteiger partial charge in [-0.15, -0.1) is 0 Å². The summed E-state index contributed by atoms with van der Waals surface area (Å²) in [5, 5.41) is 11.5. The summed E-state index contributed by atoms with van der Waals surface area (Å²) in [6.07, 6.45) is -3.35. The van der Waals surface area contributed by atoms with Crippen LogP contribution in [0.1, 0.15) is 35.6 Å². The lowest BCUT2D eigenvalue weighted by atomic mass is 10.1. The van der Waals surface area contributed by atoms with Crippen molar-refractivity contribution in [2.75, 3.05) is 44.3 Å². The SMILES string of the molecule is CCOc1ccc(C(=O)N2CCN(c3ccc(-c4cccnc4OCC)nc3CNS(=O)(=O)c3ccccc3[N+](=O)[O-])CC2)c(C(F)(F)F)n1. The van der Waals surface area contributed by atoms with Crippen molar-refractivity contribution in [3.8, 4) is 23.0 Å². The molecule has 4 aromatic rings. The molecule has 3 aromatic heterocycles. The molecule has 0 unspecified atom stereocenters. The van der Waals surface area contributed by atoms with Crippen LogP contribution in [0, 0.1) is 10.1 Å². The van der Waals surface area contributed by atoms with Gasteiger partial charge in [0, 0.05) is 44.5 Å². The summed E-state index contributed by atoms with van der Waals surface area (Å²) in [7, 11) is -4.40. The number of pyridine rings is 3. The molecule has 0 atom stereocenters. The number of sulfonamides is 1. The fraction of sp³-hybridized carbons (Fsp3) is 0.312. The number of carbonyl (C=O) groups is 1. The molecule has 0 saturated carbocycles. The van der Waals surface area contributed by atoms with E-state index in [2.05, 4.69) is 14.7 Å². The second kappa shape index (κ2) is 15.0. The Kier molecular flexibility index (Phi) is 10.8. The number of hydrogen-bond donors (Lipinski definition) is 1. The van der Waals surface area contributed by atoms with Gasteiger partial charge in [-0.25, -0.2) is 28.1 Å². The van der Waals surface area contributed by atoms with Crippen LogP contribution in [0.3, 0.4) is 0 Å². The number of piperazine rings is 1. The number of anilines is 1. The fourth-order valence-corrected chi connectivity index (χ4v) is 6.51. The maximum atomic E-state index is 13.9. The van der Waals surface area contributed by atoms with E-state index in [4.69, 9.17) is 14.5 Å². The molecule has 1 amide bonds. The molecule has 50 heavy (non-hydrogen) atoms. The van der Waals surface area contributed by atoms with E-state index in [0.29, 0.717) is 29.4 Å². The Labute approximate surface area is 285 Å². The summed E-state index contributed by atoms with van der Waals surface area (Å²) in [5.74, 6) is -0.795. The summed E-state index contributed by atoms with van der Waals surface area (Å²) < 4.78 is 81.4. The minimum absolute atomic E-state index is 0.0313. The van der Waals surface area contributed by atoms with Crippen LogP contribution < -0.4 is 19.1 Å². The number of carbonyl (C=O) groups excluding carboxylic acids is 1. The quantitative estimate of drug-likeness (QED) is 0.159. The third-order valence-corrected chi connectivity index (χ3v) is 9.08. The first-order valence-corrected chi connectivity index (χ1v) is 16.9. The molecular weight excluding hydrogens is 683 g/mol. The number of rotatable bonds is 12. The standard InChI is InChI=1S/C32H32F3N7O7S/c1-3-48-28-14-11-22(29(39-28)32(33,34)35)31(43)41-18-16-40(17-19-41)25-13-12-23(21-8-7-15-36-30(21)49-4-2)38-24(25)20-37-50(46,47)27-10-6-5-9-26(27)42(44)45/h5-15,37H,3-4,16-20H2,1-2H3. The molecule has 264 valence electrons. The lowest BCUT2D eigenvalue weighted by molar-refractivity contribution is -0.387. The largest absolute Gasteiger partial charge is 0.478 e. The van der Waals surface area contributed by atoms with Crippen LogP contribution in [0.4, 0.5) is 24.5 Å². The van der Waals surface area contributed by atoms with E-state index >= 15 is 0 Å². The van der Waals surface area contributed by atoms with Gasteiger partial charge in [-0.1, -0.05) is 12.1 Å². The van der Waals surface area contributed by atoms with Gasteiger partial charge in [-0.2, -0.15) is 13.2 Å². The van der Waals surface area contributed by atoms with Gasteiger partial charge in [0.25, 0.3) is 11.6 Å². The Balaban J connectivity index is 1.43. The van der Waals surface area contributed by atoms with Gasteiger partial charge in [0.1, 0.15) is 0 Å². The van der Waals surface area contributed by atoms with Crippen molar-refractivity contribution in [3.05, 3.63) is 93.9 Å². The zero-order valence-corrected chi connectivity index (χ0v) is 27.7. The third-order valence-electron chi connectivity index (χ3n) is 7.63. The van der Waals surface area contributed by atoms with Crippen molar-refractivity contribution in [3.63, 3.8) is 0 Å². The number of benzene rings is 1. The second-order valence-corrected chi connectivity index (χ2v) is 12.5. The molecule has 5 rings (SSSR count). The summed E-state index contributed by atoms with van der Waals surface area (Å²) in [6, 6.07) is 14.0. The number of nitro groups is 1. The van der Waals surface area contributed by atoms with Gasteiger partial charge in [-0.05, 0) is 50.2 Å². The van der Waals surface area contributed by atoms with Crippen molar-refractivity contribution in [2.45, 2.75) is 31.5 Å². The minimum atomic E-state index is -4.90. The highest BCUT2D eigenvalue weighted by Crippen LogP contribution is 2.34. The van der Waals surface area contributed by atoms with Crippen LogP contribution in [-0.2, 0) is 22.7 Å². The molecule has 1 fully saturated rings. The molecule has 1 saturated heterocycles. The van der Waals surface area contributed by atoms with Gasteiger partial charge >= 0.3 is 6.18 Å². The zero-order valence-electron chi connectivity index (χ0n) is 26.9. The second-order valence-electron chi connectivity index (χ2n) is 10.8. The van der Waals surface area contributed by atoms with Gasteiger partial charge < -0.3 is 19.3 Å². The van der Waals surface area contributed by atoms with Crippen molar-refractivity contribution in [2.24, 2.45) is 0 Å². The average molecular weight is 716 g/mol. The van der Waals surface area contributed by atoms with E-state index in [1.807, 2.05) is 4.90 Å². The Morgan fingerprint density at radius 1 is 0.960 bits per heavy atom. The number of para-hydroxylation sites is 1. The van der Waals surface area contributed by atoms with Crippen molar-refractivity contribution >= 4 is 27.3 Å². The molecule has 1 aromatic carbocycles. The molecule has 14 nitrogen and oxygen atoms in total. The zero-order chi connectivity index (χ0) is 36.1. The van der Waals surface area contributed by atoms with Crippen molar-refractivity contribution in [1.29, 1.82) is 0 Å². The van der Waals surface area contributed by atoms with Crippen molar-refractivity contribution in [1.82, 2.24) is 24.6 Å². The number of alkyl halides is 3. The molecular formula is C32H32F3N7O7S. The van der Waals surface area contributed by atoms with E-state index in [1.54, 1.807) is 44.3 Å². The van der Waals surface area contributed by atoms with Crippen LogP contribution in [0.25, 0.3) is 11.3 Å². The highest BCUT2D eigenvalue weighted by molar-refractivity contribution is 7.89. The average Bonchev–Trinajstić information content (AvgIpc) is 3.10. The monoisotopic (exact) mass is 715 g/mol. The van der Waals surface area contributed by atoms with Gasteiger partial charge in [0.05, 0.1) is 52.9 Å². The first kappa shape index (κ1) is 35.9. The highest BCUT2D eigenvalue weighted by atomic mass is 32.2. The molecule has 0 spiro atoms. The number of amides is 1. The van der Waals surface area contributed by atoms with E-state index < -0.39 is 48.9 Å². The number of ether oxygens (including phenoxy) is 2. The summed E-state index contributed by atoms with van der Waals surface area (Å²) in [5.41, 5.74) is -0.892. The summed E-state index contributed by atoms with van der Waals surface area (Å²) >= 11 is 0. The molecule has 4 heterocycles. The third kappa shape index (κ3) is 7.92. The Morgan fingerprint density at radius 2 is 1.68 bits per heavy atom. The highest BCUT2D eigenvalue weighted by Gasteiger charge is 2.39. The summed E-state index contributed by atoms with van der Waals surface area (Å²) in [6.45, 7) is 3.83. The first-order valence-electron chi connectivity index (χ1n) is 15.4. The molecule has 0 bridgehead atoms. The topological polar surface area (TPSA) is 170 Å². The number of nitrogens with one attached hydrogen (secondary N) is 1. The van der Waals surface area contributed by atoms with E-state index in [-0.39, 0.29) is 50.9 Å². The normalized spacial score (nSPS) is 13.6. The minimum Gasteiger partial charge on any atom is -0.478 e. The maximum absolute atomic E-state index is 13.9. The smallest absolute Gasteiger partial charge is 0.434 e. The maximum Gasteiger partial charge on any atom is 0.434 e. The molecule has 1 aliphatic heterocycles. The number of nitro benzene ring substituents is 1. The lowest BCUT2D eigenvalue weighted by Crippen LogP contribution is -2.49. The molecule has 0 aliphatic carbocycles. The molecule has 18 heteroatoms.